The summed E-state index contributed by atoms with van der Waals surface area (Å²) in [5, 5.41) is 0. The molecule has 2 aliphatic heterocycles. The third kappa shape index (κ3) is 1.25. The molecular formula is C9H16N2O2. The molecule has 4 N–H and O–H groups in total. The highest BCUT2D eigenvalue weighted by Gasteiger charge is 2.50. The van der Waals surface area contributed by atoms with Crippen LogP contribution in [0.4, 0.5) is 0 Å². The molecule has 2 fully saturated rings. The molecule has 4 heteroatoms. The summed E-state index contributed by atoms with van der Waals surface area (Å²) in [7, 11) is 0. The molecule has 0 saturated carbocycles. The summed E-state index contributed by atoms with van der Waals surface area (Å²) in [6, 6.07) is 0. The van der Waals surface area contributed by atoms with Crippen LogP contribution in [-0.4, -0.2) is 23.7 Å². The van der Waals surface area contributed by atoms with Gasteiger partial charge in [-0.2, -0.15) is 0 Å². The zero-order chi connectivity index (χ0) is 9.64. The molecule has 4 nitrogen and oxygen atoms in total. The van der Waals surface area contributed by atoms with E-state index in [1.165, 1.54) is 0 Å². The van der Waals surface area contributed by atoms with E-state index in [2.05, 4.69) is 0 Å². The fraction of sp³-hybridized carbons (Fsp3) is 0.889. The smallest absolute Gasteiger partial charge is 0.237 e. The summed E-state index contributed by atoms with van der Waals surface area (Å²) in [6.45, 7) is 1.71. The minimum atomic E-state index is -0.903. The minimum absolute atomic E-state index is 0.115. The van der Waals surface area contributed by atoms with Crippen molar-refractivity contribution in [1.29, 1.82) is 0 Å². The second-order valence-electron chi connectivity index (χ2n) is 4.36. The number of nitrogens with two attached hydrogens (primary N) is 2. The summed E-state index contributed by atoms with van der Waals surface area (Å²) in [5.41, 5.74) is 10.3. The molecule has 0 aliphatic carbocycles. The number of carbonyl (C=O) groups is 1. The van der Waals surface area contributed by atoms with Crippen molar-refractivity contribution in [3.63, 3.8) is 0 Å². The molecule has 0 radical (unpaired) electrons. The van der Waals surface area contributed by atoms with Crippen LogP contribution in [0, 0.1) is 5.92 Å². The largest absolute Gasteiger partial charge is 0.375 e. The zero-order valence-corrected chi connectivity index (χ0v) is 7.82. The fourth-order valence-electron chi connectivity index (χ4n) is 2.45. The lowest BCUT2D eigenvalue weighted by atomic mass is 9.76. The molecule has 13 heavy (non-hydrogen) atoms. The average molecular weight is 184 g/mol. The Kier molecular flexibility index (Phi) is 1.85. The van der Waals surface area contributed by atoms with Crippen LogP contribution in [0.25, 0.3) is 0 Å². The molecule has 2 bridgehead atoms. The molecule has 0 aromatic rings. The predicted molar refractivity (Wildman–Crippen MR) is 47.8 cm³/mol. The second-order valence-corrected chi connectivity index (χ2v) is 4.36. The lowest BCUT2D eigenvalue weighted by molar-refractivity contribution is -0.125. The van der Waals surface area contributed by atoms with Crippen LogP contribution < -0.4 is 11.5 Å². The van der Waals surface area contributed by atoms with Crippen molar-refractivity contribution in [2.24, 2.45) is 17.4 Å². The SMILES string of the molecule is CC(N)(C(N)=O)C1CC2CCC1O2. The van der Waals surface area contributed by atoms with E-state index in [1.807, 2.05) is 0 Å². The number of carbonyl (C=O) groups excluding carboxylic acids is 1. The normalized spacial score (nSPS) is 41.8. The van der Waals surface area contributed by atoms with Gasteiger partial charge in [-0.1, -0.05) is 0 Å². The molecule has 0 aromatic carbocycles. The summed E-state index contributed by atoms with van der Waals surface area (Å²) in [5.74, 6) is -0.308. The van der Waals surface area contributed by atoms with E-state index >= 15 is 0 Å². The van der Waals surface area contributed by atoms with E-state index < -0.39 is 11.4 Å². The molecular weight excluding hydrogens is 168 g/mol. The van der Waals surface area contributed by atoms with E-state index in [-0.39, 0.29) is 12.0 Å². The van der Waals surface area contributed by atoms with Gasteiger partial charge in [-0.25, -0.2) is 0 Å². The first kappa shape index (κ1) is 8.97. The van der Waals surface area contributed by atoms with Gasteiger partial charge in [0.25, 0.3) is 0 Å². The molecule has 2 saturated heterocycles. The van der Waals surface area contributed by atoms with Crippen LogP contribution in [0.3, 0.4) is 0 Å². The monoisotopic (exact) mass is 184 g/mol. The van der Waals surface area contributed by atoms with Gasteiger partial charge in [0.1, 0.15) is 0 Å². The fourth-order valence-corrected chi connectivity index (χ4v) is 2.45. The number of hydrogen-bond donors (Lipinski definition) is 2. The van der Waals surface area contributed by atoms with Crippen LogP contribution in [0.2, 0.25) is 0 Å². The lowest BCUT2D eigenvalue weighted by Gasteiger charge is -2.32. The number of rotatable bonds is 2. The predicted octanol–water partition coefficient (Wildman–Crippen LogP) is -0.243. The highest BCUT2D eigenvalue weighted by Crippen LogP contribution is 2.42. The van der Waals surface area contributed by atoms with Crippen molar-refractivity contribution in [1.82, 2.24) is 0 Å². The van der Waals surface area contributed by atoms with Gasteiger partial charge >= 0.3 is 0 Å². The van der Waals surface area contributed by atoms with E-state index in [4.69, 9.17) is 16.2 Å². The van der Waals surface area contributed by atoms with E-state index in [0.717, 1.165) is 19.3 Å². The third-order valence-electron chi connectivity index (χ3n) is 3.41. The first-order valence-corrected chi connectivity index (χ1v) is 4.76. The minimum Gasteiger partial charge on any atom is -0.375 e. The first-order valence-electron chi connectivity index (χ1n) is 4.76. The van der Waals surface area contributed by atoms with Crippen molar-refractivity contribution in [3.8, 4) is 0 Å². The molecule has 0 aromatic heterocycles. The molecule has 4 unspecified atom stereocenters. The Morgan fingerprint density at radius 1 is 1.54 bits per heavy atom. The quantitative estimate of drug-likeness (QED) is 0.621. The van der Waals surface area contributed by atoms with Crippen LogP contribution in [0.5, 0.6) is 0 Å². The summed E-state index contributed by atoms with van der Waals surface area (Å²) in [4.78, 5) is 11.1. The Balaban J connectivity index is 2.14. The average Bonchev–Trinajstić information content (AvgIpc) is 2.63. The summed E-state index contributed by atoms with van der Waals surface area (Å²) in [6.07, 6.45) is 3.50. The molecule has 1 amide bonds. The van der Waals surface area contributed by atoms with Crippen LogP contribution in [0.1, 0.15) is 26.2 Å². The van der Waals surface area contributed by atoms with Gasteiger partial charge in [0.05, 0.1) is 17.7 Å². The maximum atomic E-state index is 11.1. The Morgan fingerprint density at radius 3 is 2.62 bits per heavy atom. The van der Waals surface area contributed by atoms with Crippen LogP contribution >= 0.6 is 0 Å². The van der Waals surface area contributed by atoms with Crippen LogP contribution in [0.15, 0.2) is 0 Å². The van der Waals surface area contributed by atoms with Crippen molar-refractivity contribution in [3.05, 3.63) is 0 Å². The Morgan fingerprint density at radius 2 is 2.23 bits per heavy atom. The lowest BCUT2D eigenvalue weighted by Crippen LogP contribution is -2.57. The molecule has 0 spiro atoms. The Hall–Kier alpha value is -0.610. The number of fused-ring (bicyclic) bond motifs is 2. The van der Waals surface area contributed by atoms with Gasteiger partial charge < -0.3 is 16.2 Å². The van der Waals surface area contributed by atoms with Crippen molar-refractivity contribution >= 4 is 5.91 Å². The van der Waals surface area contributed by atoms with Gasteiger partial charge in [0.2, 0.25) is 5.91 Å². The maximum Gasteiger partial charge on any atom is 0.237 e. The Labute approximate surface area is 77.6 Å². The molecule has 2 rings (SSSR count). The summed E-state index contributed by atoms with van der Waals surface area (Å²) >= 11 is 0. The van der Waals surface area contributed by atoms with Gasteiger partial charge in [-0.15, -0.1) is 0 Å². The molecule has 2 heterocycles. The summed E-state index contributed by atoms with van der Waals surface area (Å²) < 4.78 is 5.63. The molecule has 4 atom stereocenters. The maximum absolute atomic E-state index is 11.1. The van der Waals surface area contributed by atoms with E-state index in [0.29, 0.717) is 6.10 Å². The second kappa shape index (κ2) is 2.69. The highest BCUT2D eigenvalue weighted by atomic mass is 16.5. The van der Waals surface area contributed by atoms with E-state index in [9.17, 15) is 4.79 Å². The molecule has 2 aliphatic rings. The highest BCUT2D eigenvalue weighted by molar-refractivity contribution is 5.84. The van der Waals surface area contributed by atoms with Crippen molar-refractivity contribution < 1.29 is 9.53 Å². The first-order chi connectivity index (χ1) is 6.01. The van der Waals surface area contributed by atoms with Crippen molar-refractivity contribution in [2.75, 3.05) is 0 Å². The van der Waals surface area contributed by atoms with Gasteiger partial charge in [0, 0.05) is 5.92 Å². The van der Waals surface area contributed by atoms with Crippen LogP contribution in [-0.2, 0) is 9.53 Å². The topological polar surface area (TPSA) is 78.3 Å². The molecule has 74 valence electrons. The van der Waals surface area contributed by atoms with Gasteiger partial charge in [-0.05, 0) is 26.2 Å². The van der Waals surface area contributed by atoms with Crippen molar-refractivity contribution in [2.45, 2.75) is 43.9 Å². The Bertz CT molecular complexity index is 240. The number of amides is 1. The number of hydrogen-bond acceptors (Lipinski definition) is 3. The van der Waals surface area contributed by atoms with Gasteiger partial charge in [-0.3, -0.25) is 4.79 Å². The zero-order valence-electron chi connectivity index (χ0n) is 7.82. The standard InChI is InChI=1S/C9H16N2O2/c1-9(11,8(10)12)6-4-5-2-3-7(6)13-5/h5-7H,2-4,11H2,1H3,(H2,10,12). The third-order valence-corrected chi connectivity index (χ3v) is 3.41. The number of primary amides is 1. The number of ether oxygens (including phenoxy) is 1. The van der Waals surface area contributed by atoms with Gasteiger partial charge in [0.15, 0.2) is 0 Å². The van der Waals surface area contributed by atoms with E-state index in [1.54, 1.807) is 6.92 Å².